The van der Waals surface area contributed by atoms with Gasteiger partial charge in [0.05, 0.1) is 0 Å². The van der Waals surface area contributed by atoms with Crippen molar-refractivity contribution in [1.29, 1.82) is 0 Å². The minimum atomic E-state index is -0.141. The van der Waals surface area contributed by atoms with E-state index < -0.39 is 0 Å². The van der Waals surface area contributed by atoms with Gasteiger partial charge in [-0.3, -0.25) is 0 Å². The van der Waals surface area contributed by atoms with Crippen molar-refractivity contribution in [2.24, 2.45) is 0 Å². The smallest absolute Gasteiger partial charge is 0.128 e. The topological polar surface area (TPSA) is 9.23 Å². The van der Waals surface area contributed by atoms with Crippen molar-refractivity contribution in [2.75, 3.05) is 0 Å². The minimum absolute atomic E-state index is 0.0674. The van der Waals surface area contributed by atoms with Gasteiger partial charge < -0.3 is 4.74 Å². The zero-order valence-corrected chi connectivity index (χ0v) is 31.4. The molecule has 2 unspecified atom stereocenters. The average molecular weight is 715 g/mol. The van der Waals surface area contributed by atoms with E-state index in [-0.39, 0.29) is 17.4 Å². The van der Waals surface area contributed by atoms with E-state index in [9.17, 15) is 0 Å². The molecule has 3 aliphatic rings. The van der Waals surface area contributed by atoms with Gasteiger partial charge >= 0.3 is 0 Å². The lowest BCUT2D eigenvalue weighted by Crippen LogP contribution is -2.17. The van der Waals surface area contributed by atoms with Crippen LogP contribution in [0.25, 0.3) is 87.6 Å². The molecule has 0 amide bonds. The molecule has 0 spiro atoms. The summed E-state index contributed by atoms with van der Waals surface area (Å²) in [5.41, 5.74) is 14.2. The van der Waals surface area contributed by atoms with Gasteiger partial charge in [0.15, 0.2) is 0 Å². The van der Waals surface area contributed by atoms with Crippen molar-refractivity contribution in [3.63, 3.8) is 0 Å². The molecular weight excluding hydrogens is 677 g/mol. The molecule has 12 rings (SSSR count). The first-order valence-electron chi connectivity index (χ1n) is 19.8. The van der Waals surface area contributed by atoms with Crippen molar-refractivity contribution in [3.05, 3.63) is 199 Å². The lowest BCUT2D eigenvalue weighted by atomic mass is 9.77. The van der Waals surface area contributed by atoms with E-state index >= 15 is 0 Å². The van der Waals surface area contributed by atoms with Gasteiger partial charge in [-0.15, -0.1) is 0 Å². The highest BCUT2D eigenvalue weighted by Crippen LogP contribution is 2.56. The molecule has 1 heterocycles. The zero-order valence-electron chi connectivity index (χ0n) is 31.4. The van der Waals surface area contributed by atoms with Crippen LogP contribution >= 0.6 is 0 Å². The highest BCUT2D eigenvalue weighted by molar-refractivity contribution is 6.21. The summed E-state index contributed by atoms with van der Waals surface area (Å²) >= 11 is 0. The zero-order chi connectivity index (χ0) is 37.1. The van der Waals surface area contributed by atoms with E-state index in [1.54, 1.807) is 0 Å². The number of hydrogen-bond donors (Lipinski definition) is 0. The Balaban J connectivity index is 0.973. The van der Waals surface area contributed by atoms with Crippen LogP contribution in [0.3, 0.4) is 0 Å². The van der Waals surface area contributed by atoms with Crippen LogP contribution in [-0.4, -0.2) is 6.10 Å². The molecular formula is C55H38O. The fourth-order valence-corrected chi connectivity index (χ4v) is 10.4. The Labute approximate surface area is 326 Å². The summed E-state index contributed by atoms with van der Waals surface area (Å²) in [6, 6.07) is 58.8. The summed E-state index contributed by atoms with van der Waals surface area (Å²) in [4.78, 5) is 0. The first kappa shape index (κ1) is 31.6. The van der Waals surface area contributed by atoms with Crippen molar-refractivity contribution in [1.82, 2.24) is 0 Å². The van der Waals surface area contributed by atoms with Crippen LogP contribution in [0.2, 0.25) is 0 Å². The Bertz CT molecular complexity index is 3140. The molecule has 0 saturated carbocycles. The second kappa shape index (κ2) is 11.7. The summed E-state index contributed by atoms with van der Waals surface area (Å²) in [6.45, 7) is 4.80. The first-order valence-corrected chi connectivity index (χ1v) is 19.8. The number of ether oxygens (including phenoxy) is 1. The largest absolute Gasteiger partial charge is 0.485 e. The number of rotatable bonds is 3. The van der Waals surface area contributed by atoms with E-state index in [2.05, 4.69) is 196 Å². The van der Waals surface area contributed by atoms with Crippen LogP contribution in [0.5, 0.6) is 5.75 Å². The van der Waals surface area contributed by atoms with Gasteiger partial charge in [0.1, 0.15) is 11.9 Å². The highest BCUT2D eigenvalue weighted by Gasteiger charge is 2.41. The molecule has 0 fully saturated rings. The van der Waals surface area contributed by atoms with Crippen LogP contribution in [0.15, 0.2) is 182 Å². The van der Waals surface area contributed by atoms with Crippen LogP contribution in [0, 0.1) is 0 Å². The lowest BCUT2D eigenvalue weighted by Gasteiger charge is -2.25. The second-order valence-corrected chi connectivity index (χ2v) is 16.3. The van der Waals surface area contributed by atoms with Gasteiger partial charge in [-0.2, -0.15) is 0 Å². The molecule has 0 radical (unpaired) electrons. The molecule has 0 bridgehead atoms. The van der Waals surface area contributed by atoms with E-state index in [4.69, 9.17) is 4.74 Å². The molecule has 56 heavy (non-hydrogen) atoms. The van der Waals surface area contributed by atoms with Gasteiger partial charge in [-0.1, -0.05) is 166 Å². The normalized spacial score (nSPS) is 17.2. The third-order valence-corrected chi connectivity index (χ3v) is 12.9. The Hall–Kier alpha value is -6.70. The van der Waals surface area contributed by atoms with Gasteiger partial charge in [0.2, 0.25) is 0 Å². The molecule has 0 N–H and O–H groups in total. The fourth-order valence-electron chi connectivity index (χ4n) is 10.4. The SMILES string of the molecule is CC1(C)c2ccc(-c3ccc4cc(-c5c6ccccc6c(-c6ccccc6)c6ccccc56)ccc4c3)cc2-c2ccc3ccc4c(c3c21)C1C=CC=CC1O4. The van der Waals surface area contributed by atoms with Crippen LogP contribution in [0.1, 0.15) is 36.5 Å². The first-order chi connectivity index (χ1) is 27.5. The van der Waals surface area contributed by atoms with Gasteiger partial charge in [0, 0.05) is 16.9 Å². The summed E-state index contributed by atoms with van der Waals surface area (Å²) < 4.78 is 6.49. The van der Waals surface area contributed by atoms with Crippen molar-refractivity contribution in [2.45, 2.75) is 31.3 Å². The van der Waals surface area contributed by atoms with Crippen LogP contribution in [-0.2, 0) is 5.41 Å². The Morgan fingerprint density at radius 2 is 1.04 bits per heavy atom. The molecule has 9 aromatic carbocycles. The number of allylic oxidation sites excluding steroid dienone is 2. The fraction of sp³-hybridized carbons (Fsp3) is 0.0909. The molecule has 0 aromatic heterocycles. The molecule has 1 heteroatoms. The second-order valence-electron chi connectivity index (χ2n) is 16.3. The van der Waals surface area contributed by atoms with Gasteiger partial charge in [-0.05, 0) is 129 Å². The van der Waals surface area contributed by atoms with Crippen molar-refractivity contribution < 1.29 is 4.74 Å². The van der Waals surface area contributed by atoms with E-state index in [1.165, 1.54) is 104 Å². The molecule has 0 saturated heterocycles. The summed E-state index contributed by atoms with van der Waals surface area (Å²) in [5.74, 6) is 1.26. The summed E-state index contributed by atoms with van der Waals surface area (Å²) in [7, 11) is 0. The van der Waals surface area contributed by atoms with Crippen molar-refractivity contribution >= 4 is 43.1 Å². The third kappa shape index (κ3) is 4.43. The third-order valence-electron chi connectivity index (χ3n) is 12.9. The predicted octanol–water partition coefficient (Wildman–Crippen LogP) is 14.6. The maximum Gasteiger partial charge on any atom is 0.128 e. The monoisotopic (exact) mass is 714 g/mol. The number of hydrogen-bond acceptors (Lipinski definition) is 1. The van der Waals surface area contributed by atoms with Gasteiger partial charge in [-0.25, -0.2) is 0 Å². The molecule has 1 nitrogen and oxygen atoms in total. The average Bonchev–Trinajstić information content (AvgIpc) is 3.74. The molecule has 2 aliphatic carbocycles. The van der Waals surface area contributed by atoms with Crippen LogP contribution in [0.4, 0.5) is 0 Å². The molecule has 1 aliphatic heterocycles. The van der Waals surface area contributed by atoms with E-state index in [0.29, 0.717) is 0 Å². The molecule has 2 atom stereocenters. The Morgan fingerprint density at radius 3 is 1.77 bits per heavy atom. The standard InChI is InChI=1S/C55H38O/c1-55(2)47-28-25-38(32-46(47)44-27-24-34-26-29-49-53(52(34)54(44)55)45-18-10-11-19-48(45)56-49)36-20-21-37-31-39(23-22-35(37)30-36)51-42-16-8-6-14-40(42)50(33-12-4-3-5-13-33)41-15-7-9-17-43(41)51/h3-32,45,48H,1-2H3. The minimum Gasteiger partial charge on any atom is -0.485 e. The quantitative estimate of drug-likeness (QED) is 0.166. The van der Waals surface area contributed by atoms with Crippen molar-refractivity contribution in [3.8, 4) is 50.3 Å². The van der Waals surface area contributed by atoms with E-state index in [0.717, 1.165) is 5.75 Å². The molecule has 264 valence electrons. The Kier molecular flexibility index (Phi) is 6.58. The maximum atomic E-state index is 6.49. The lowest BCUT2D eigenvalue weighted by molar-refractivity contribution is 0.269. The number of fused-ring (bicyclic) bond motifs is 12. The number of benzene rings is 9. The highest BCUT2D eigenvalue weighted by atomic mass is 16.5. The maximum absolute atomic E-state index is 6.49. The summed E-state index contributed by atoms with van der Waals surface area (Å²) in [6.07, 6.45) is 8.87. The van der Waals surface area contributed by atoms with Crippen LogP contribution < -0.4 is 4.74 Å². The molecule has 9 aromatic rings. The predicted molar refractivity (Wildman–Crippen MR) is 236 cm³/mol. The summed E-state index contributed by atoms with van der Waals surface area (Å²) in [5, 5.41) is 10.3. The van der Waals surface area contributed by atoms with Gasteiger partial charge in [0.25, 0.3) is 0 Å². The Morgan fingerprint density at radius 1 is 0.464 bits per heavy atom. The van der Waals surface area contributed by atoms with E-state index in [1.807, 2.05) is 0 Å².